The average Bonchev–Trinajstić information content (AvgIpc) is 3.41. The lowest BCUT2D eigenvalue weighted by molar-refractivity contribution is -0.141. The molecule has 9 heteroatoms. The van der Waals surface area contributed by atoms with Crippen LogP contribution in [0.3, 0.4) is 0 Å². The number of carbonyl (C=O) groups is 1. The number of hydrogen-bond acceptors (Lipinski definition) is 7. The van der Waals surface area contributed by atoms with Crippen molar-refractivity contribution in [1.29, 1.82) is 0 Å². The van der Waals surface area contributed by atoms with Gasteiger partial charge in [-0.05, 0) is 36.6 Å². The van der Waals surface area contributed by atoms with Crippen molar-refractivity contribution < 1.29 is 13.9 Å². The van der Waals surface area contributed by atoms with Crippen LogP contribution >= 0.6 is 23.1 Å². The van der Waals surface area contributed by atoms with E-state index in [0.29, 0.717) is 28.2 Å². The molecule has 0 fully saturated rings. The highest BCUT2D eigenvalue weighted by atomic mass is 32.2. The standard InChI is InChI=1S/C20H17FN4O2S2/c1-2-25-19(16-6-4-10-28-16)23-24-20(25)29-12-17(26)27-11-13-7-8-15(21)14-5-3-9-22-18(13)14/h3-10H,2,11-12H2,1H3. The van der Waals surface area contributed by atoms with Crippen LogP contribution in [0.4, 0.5) is 4.39 Å². The molecule has 1 aromatic carbocycles. The van der Waals surface area contributed by atoms with Crippen molar-refractivity contribution in [2.75, 3.05) is 5.75 Å². The van der Waals surface area contributed by atoms with E-state index in [-0.39, 0.29) is 24.1 Å². The summed E-state index contributed by atoms with van der Waals surface area (Å²) in [5, 5.41) is 11.5. The van der Waals surface area contributed by atoms with Crippen molar-refractivity contribution in [2.24, 2.45) is 0 Å². The number of carbonyl (C=O) groups excluding carboxylic acids is 1. The Bertz CT molecular complexity index is 1140. The van der Waals surface area contributed by atoms with E-state index in [9.17, 15) is 9.18 Å². The summed E-state index contributed by atoms with van der Waals surface area (Å²) in [6.45, 7) is 2.74. The second-order valence-electron chi connectivity index (χ2n) is 6.08. The molecule has 0 radical (unpaired) electrons. The lowest BCUT2D eigenvalue weighted by atomic mass is 10.1. The maximum atomic E-state index is 13.9. The molecule has 3 heterocycles. The summed E-state index contributed by atoms with van der Waals surface area (Å²) in [5.41, 5.74) is 1.16. The van der Waals surface area contributed by atoms with Crippen LogP contribution in [0.2, 0.25) is 0 Å². The number of halogens is 1. The highest BCUT2D eigenvalue weighted by molar-refractivity contribution is 7.99. The van der Waals surface area contributed by atoms with Gasteiger partial charge in [0.25, 0.3) is 0 Å². The van der Waals surface area contributed by atoms with E-state index in [0.717, 1.165) is 10.7 Å². The first kappa shape index (κ1) is 19.5. The zero-order valence-electron chi connectivity index (χ0n) is 15.5. The maximum Gasteiger partial charge on any atom is 0.316 e. The van der Waals surface area contributed by atoms with Gasteiger partial charge < -0.3 is 9.30 Å². The van der Waals surface area contributed by atoms with E-state index in [2.05, 4.69) is 15.2 Å². The van der Waals surface area contributed by atoms with Crippen LogP contribution in [-0.4, -0.2) is 31.5 Å². The minimum Gasteiger partial charge on any atom is -0.460 e. The third-order valence-corrected chi connectivity index (χ3v) is 6.09. The molecule has 0 bridgehead atoms. The fourth-order valence-corrected chi connectivity index (χ4v) is 4.42. The van der Waals surface area contributed by atoms with Gasteiger partial charge >= 0.3 is 5.97 Å². The van der Waals surface area contributed by atoms with E-state index >= 15 is 0 Å². The van der Waals surface area contributed by atoms with Crippen LogP contribution in [0.5, 0.6) is 0 Å². The van der Waals surface area contributed by atoms with E-state index in [1.54, 1.807) is 35.7 Å². The highest BCUT2D eigenvalue weighted by Crippen LogP contribution is 2.27. The Hall–Kier alpha value is -2.78. The first-order valence-corrected chi connectivity index (χ1v) is 10.8. The second-order valence-corrected chi connectivity index (χ2v) is 7.97. The molecule has 0 saturated heterocycles. The largest absolute Gasteiger partial charge is 0.460 e. The van der Waals surface area contributed by atoms with E-state index in [1.165, 1.54) is 17.8 Å². The summed E-state index contributed by atoms with van der Waals surface area (Å²) in [7, 11) is 0. The molecular weight excluding hydrogens is 411 g/mol. The predicted octanol–water partition coefficient (Wildman–Crippen LogP) is 4.55. The molecule has 4 aromatic rings. The fourth-order valence-electron chi connectivity index (χ4n) is 2.90. The molecule has 0 spiro atoms. The first-order valence-electron chi connectivity index (χ1n) is 8.95. The zero-order valence-corrected chi connectivity index (χ0v) is 17.2. The Morgan fingerprint density at radius 1 is 1.24 bits per heavy atom. The zero-order chi connectivity index (χ0) is 20.2. The quantitative estimate of drug-likeness (QED) is 0.318. The number of ether oxygens (including phenoxy) is 1. The minimum absolute atomic E-state index is 0.0358. The molecule has 148 valence electrons. The third kappa shape index (κ3) is 4.15. The molecule has 29 heavy (non-hydrogen) atoms. The maximum absolute atomic E-state index is 13.9. The highest BCUT2D eigenvalue weighted by Gasteiger charge is 2.16. The van der Waals surface area contributed by atoms with Gasteiger partial charge in [0.1, 0.15) is 12.4 Å². The number of esters is 1. The monoisotopic (exact) mass is 428 g/mol. The number of nitrogens with zero attached hydrogens (tertiary/aromatic N) is 4. The predicted molar refractivity (Wildman–Crippen MR) is 111 cm³/mol. The Kier molecular flexibility index (Phi) is 5.86. The SMILES string of the molecule is CCn1c(SCC(=O)OCc2ccc(F)c3cccnc23)nnc1-c1cccs1. The summed E-state index contributed by atoms with van der Waals surface area (Å²) in [6, 6.07) is 10.2. The molecule has 4 rings (SSSR count). The molecule has 0 saturated carbocycles. The molecule has 0 aliphatic heterocycles. The molecule has 0 amide bonds. The van der Waals surface area contributed by atoms with Crippen molar-refractivity contribution in [3.63, 3.8) is 0 Å². The van der Waals surface area contributed by atoms with Crippen molar-refractivity contribution >= 4 is 40.0 Å². The molecule has 6 nitrogen and oxygen atoms in total. The number of fused-ring (bicyclic) bond motifs is 1. The number of hydrogen-bond donors (Lipinski definition) is 0. The van der Waals surface area contributed by atoms with Crippen molar-refractivity contribution in [3.05, 3.63) is 59.4 Å². The van der Waals surface area contributed by atoms with Gasteiger partial charge in [0.2, 0.25) is 0 Å². The summed E-state index contributed by atoms with van der Waals surface area (Å²) in [5.74, 6) is 0.169. The van der Waals surface area contributed by atoms with Crippen LogP contribution in [0.15, 0.2) is 53.1 Å². The number of thiophene rings is 1. The summed E-state index contributed by atoms with van der Waals surface area (Å²) >= 11 is 2.88. The van der Waals surface area contributed by atoms with Crippen LogP contribution < -0.4 is 0 Å². The summed E-state index contributed by atoms with van der Waals surface area (Å²) < 4.78 is 21.2. The normalized spacial score (nSPS) is 11.1. The fraction of sp³-hybridized carbons (Fsp3) is 0.200. The van der Waals surface area contributed by atoms with Crippen molar-refractivity contribution in [2.45, 2.75) is 25.2 Å². The molecule has 0 aliphatic rings. The molecule has 0 atom stereocenters. The molecule has 0 unspecified atom stereocenters. The molecular formula is C20H17FN4O2S2. The third-order valence-electron chi connectivity index (χ3n) is 4.28. The Morgan fingerprint density at radius 3 is 2.93 bits per heavy atom. The molecule has 3 aromatic heterocycles. The van der Waals surface area contributed by atoms with Crippen LogP contribution in [0.25, 0.3) is 21.6 Å². The minimum atomic E-state index is -0.383. The van der Waals surface area contributed by atoms with E-state index < -0.39 is 0 Å². The summed E-state index contributed by atoms with van der Waals surface area (Å²) in [4.78, 5) is 17.5. The van der Waals surface area contributed by atoms with Gasteiger partial charge in [-0.15, -0.1) is 21.5 Å². The average molecular weight is 429 g/mol. The van der Waals surface area contributed by atoms with Gasteiger partial charge in [-0.25, -0.2) is 4.39 Å². The lowest BCUT2D eigenvalue weighted by Crippen LogP contribution is -2.09. The topological polar surface area (TPSA) is 69.9 Å². The Labute approximate surface area is 174 Å². The smallest absolute Gasteiger partial charge is 0.316 e. The van der Waals surface area contributed by atoms with Crippen LogP contribution in [-0.2, 0) is 22.7 Å². The first-order chi connectivity index (χ1) is 14.2. The number of pyridine rings is 1. The van der Waals surface area contributed by atoms with Crippen molar-refractivity contribution in [1.82, 2.24) is 19.7 Å². The van der Waals surface area contributed by atoms with Gasteiger partial charge in [0.05, 0.1) is 16.1 Å². The van der Waals surface area contributed by atoms with Gasteiger partial charge in [-0.2, -0.15) is 0 Å². The number of benzene rings is 1. The van der Waals surface area contributed by atoms with Crippen LogP contribution in [0, 0.1) is 5.82 Å². The van der Waals surface area contributed by atoms with Crippen LogP contribution in [0.1, 0.15) is 12.5 Å². The van der Waals surface area contributed by atoms with Gasteiger partial charge in [0.15, 0.2) is 11.0 Å². The summed E-state index contributed by atoms with van der Waals surface area (Å²) in [6.07, 6.45) is 1.59. The Morgan fingerprint density at radius 2 is 2.14 bits per heavy atom. The van der Waals surface area contributed by atoms with Gasteiger partial charge in [0, 0.05) is 23.7 Å². The van der Waals surface area contributed by atoms with Gasteiger partial charge in [-0.3, -0.25) is 9.78 Å². The molecule has 0 N–H and O–H groups in total. The lowest BCUT2D eigenvalue weighted by Gasteiger charge is -2.08. The second kappa shape index (κ2) is 8.71. The Balaban J connectivity index is 1.40. The number of aromatic nitrogens is 4. The van der Waals surface area contributed by atoms with E-state index in [1.807, 2.05) is 29.0 Å². The van der Waals surface area contributed by atoms with E-state index in [4.69, 9.17) is 4.74 Å². The van der Waals surface area contributed by atoms with Gasteiger partial charge in [-0.1, -0.05) is 23.9 Å². The molecule has 0 aliphatic carbocycles. The number of rotatable bonds is 7. The number of thioether (sulfide) groups is 1. The van der Waals surface area contributed by atoms with Crippen molar-refractivity contribution in [3.8, 4) is 10.7 Å².